The zero-order valence-corrected chi connectivity index (χ0v) is 22.7. The van der Waals surface area contributed by atoms with Gasteiger partial charge in [-0.15, -0.1) is 0 Å². The van der Waals surface area contributed by atoms with Crippen molar-refractivity contribution in [3.8, 4) is 17.2 Å². The van der Waals surface area contributed by atoms with E-state index < -0.39 is 0 Å². The Bertz CT molecular complexity index is 1440. The summed E-state index contributed by atoms with van der Waals surface area (Å²) in [5.74, 6) is 2.17. The summed E-state index contributed by atoms with van der Waals surface area (Å²) in [4.78, 5) is 24.0. The van der Waals surface area contributed by atoms with E-state index in [1.165, 1.54) is 6.33 Å². The van der Waals surface area contributed by atoms with Gasteiger partial charge in [0.25, 0.3) is 5.91 Å². The third-order valence-electron chi connectivity index (χ3n) is 6.66. The summed E-state index contributed by atoms with van der Waals surface area (Å²) in [6.07, 6.45) is 2.42. The van der Waals surface area contributed by atoms with Crippen molar-refractivity contribution in [1.82, 2.24) is 14.9 Å². The van der Waals surface area contributed by atoms with Crippen LogP contribution in [-0.4, -0.2) is 74.4 Å². The number of fused-ring (bicyclic) bond motifs is 1. The zero-order chi connectivity index (χ0) is 27.7. The lowest BCUT2D eigenvalue weighted by Gasteiger charge is -2.26. The van der Waals surface area contributed by atoms with E-state index >= 15 is 0 Å². The first-order chi connectivity index (χ1) is 19.6. The maximum absolute atomic E-state index is 12.7. The van der Waals surface area contributed by atoms with Crippen molar-refractivity contribution in [3.63, 3.8) is 0 Å². The first-order valence-electron chi connectivity index (χ1n) is 13.2. The van der Waals surface area contributed by atoms with Gasteiger partial charge in [-0.05, 0) is 48.9 Å². The van der Waals surface area contributed by atoms with E-state index in [1.807, 2.05) is 42.5 Å². The molecule has 1 saturated heterocycles. The maximum atomic E-state index is 12.7. The number of hydrogen-bond donors (Lipinski definition) is 2. The minimum absolute atomic E-state index is 0.244. The normalized spacial score (nSPS) is 13.6. The van der Waals surface area contributed by atoms with Gasteiger partial charge in [-0.3, -0.25) is 9.69 Å². The summed E-state index contributed by atoms with van der Waals surface area (Å²) in [7, 11) is 3.16. The first kappa shape index (κ1) is 27.2. The van der Waals surface area contributed by atoms with Crippen molar-refractivity contribution in [2.45, 2.75) is 6.42 Å². The molecule has 0 saturated carbocycles. The van der Waals surface area contributed by atoms with Crippen LogP contribution >= 0.6 is 0 Å². The molecule has 1 fully saturated rings. The van der Waals surface area contributed by atoms with Crippen LogP contribution in [0.25, 0.3) is 10.9 Å². The number of benzene rings is 3. The molecule has 0 aliphatic carbocycles. The Labute approximate surface area is 233 Å². The van der Waals surface area contributed by atoms with Gasteiger partial charge in [0, 0.05) is 42.5 Å². The monoisotopic (exact) mass is 543 g/mol. The minimum Gasteiger partial charge on any atom is -0.496 e. The predicted molar refractivity (Wildman–Crippen MR) is 154 cm³/mol. The van der Waals surface area contributed by atoms with Gasteiger partial charge in [0.05, 0.1) is 45.1 Å². The molecule has 0 unspecified atom stereocenters. The van der Waals surface area contributed by atoms with Crippen LogP contribution in [0.15, 0.2) is 67.0 Å². The number of para-hydroxylation sites is 1. The van der Waals surface area contributed by atoms with Crippen LogP contribution < -0.4 is 24.8 Å². The molecule has 0 spiro atoms. The van der Waals surface area contributed by atoms with E-state index in [0.29, 0.717) is 40.9 Å². The number of hydrogen-bond acceptors (Lipinski definition) is 9. The van der Waals surface area contributed by atoms with Gasteiger partial charge in [-0.2, -0.15) is 0 Å². The number of nitrogens with zero attached hydrogens (tertiary/aromatic N) is 3. The van der Waals surface area contributed by atoms with Gasteiger partial charge >= 0.3 is 0 Å². The Morgan fingerprint density at radius 3 is 2.45 bits per heavy atom. The molecule has 1 amide bonds. The van der Waals surface area contributed by atoms with Crippen LogP contribution in [-0.2, 0) is 4.74 Å². The van der Waals surface area contributed by atoms with E-state index in [1.54, 1.807) is 32.4 Å². The summed E-state index contributed by atoms with van der Waals surface area (Å²) >= 11 is 0. The van der Waals surface area contributed by atoms with Crippen LogP contribution in [0.4, 0.5) is 17.2 Å². The third-order valence-corrected chi connectivity index (χ3v) is 6.66. The Morgan fingerprint density at radius 1 is 0.925 bits per heavy atom. The number of ether oxygens (including phenoxy) is 4. The van der Waals surface area contributed by atoms with Crippen LogP contribution in [0.2, 0.25) is 0 Å². The molecule has 2 heterocycles. The van der Waals surface area contributed by atoms with E-state index in [-0.39, 0.29) is 5.91 Å². The lowest BCUT2D eigenvalue weighted by atomic mass is 10.1. The molecule has 0 bridgehead atoms. The SMILES string of the molecule is COc1cc2c(Nc3ccc(NC(=O)c4ccccc4OC)cc3)ncnc2cc1OCCCN1CCOCC1. The van der Waals surface area contributed by atoms with Gasteiger partial charge < -0.3 is 29.6 Å². The van der Waals surface area contributed by atoms with E-state index in [0.717, 1.165) is 55.9 Å². The quantitative estimate of drug-likeness (QED) is 0.259. The fraction of sp³-hybridized carbons (Fsp3) is 0.300. The summed E-state index contributed by atoms with van der Waals surface area (Å²) in [5.41, 5.74) is 2.67. The number of carbonyl (C=O) groups is 1. The molecule has 3 aromatic carbocycles. The highest BCUT2D eigenvalue weighted by Crippen LogP contribution is 2.35. The predicted octanol–water partition coefficient (Wildman–Crippen LogP) is 4.74. The third kappa shape index (κ3) is 6.59. The molecule has 1 aliphatic rings. The lowest BCUT2D eigenvalue weighted by molar-refractivity contribution is 0.0357. The van der Waals surface area contributed by atoms with Gasteiger partial charge in [0.2, 0.25) is 0 Å². The van der Waals surface area contributed by atoms with Gasteiger partial charge in [0.15, 0.2) is 11.5 Å². The van der Waals surface area contributed by atoms with Gasteiger partial charge in [-0.25, -0.2) is 9.97 Å². The molecule has 4 aromatic rings. The van der Waals surface area contributed by atoms with E-state index in [2.05, 4.69) is 25.5 Å². The maximum Gasteiger partial charge on any atom is 0.259 e. The molecular formula is C30H33N5O5. The number of aromatic nitrogens is 2. The number of rotatable bonds is 11. The molecule has 40 heavy (non-hydrogen) atoms. The topological polar surface area (TPSA) is 107 Å². The second kappa shape index (κ2) is 13.1. The smallest absolute Gasteiger partial charge is 0.259 e. The van der Waals surface area contributed by atoms with Crippen molar-refractivity contribution >= 4 is 34.0 Å². The summed E-state index contributed by atoms with van der Waals surface area (Å²) in [6, 6.07) is 18.3. The van der Waals surface area contributed by atoms with Crippen LogP contribution in [0.5, 0.6) is 17.2 Å². The molecule has 208 valence electrons. The Morgan fingerprint density at radius 2 is 1.68 bits per heavy atom. The Kier molecular flexibility index (Phi) is 8.89. The molecule has 5 rings (SSSR count). The number of carbonyl (C=O) groups excluding carboxylic acids is 1. The molecule has 10 heteroatoms. The Hall–Kier alpha value is -4.41. The summed E-state index contributed by atoms with van der Waals surface area (Å²) < 4.78 is 22.4. The number of methoxy groups -OCH3 is 2. The average molecular weight is 544 g/mol. The van der Waals surface area contributed by atoms with Crippen molar-refractivity contribution in [2.24, 2.45) is 0 Å². The van der Waals surface area contributed by atoms with Crippen molar-refractivity contribution in [2.75, 3.05) is 64.3 Å². The number of morpholine rings is 1. The molecule has 0 radical (unpaired) electrons. The van der Waals surface area contributed by atoms with Crippen molar-refractivity contribution in [3.05, 3.63) is 72.6 Å². The Balaban J connectivity index is 1.24. The lowest BCUT2D eigenvalue weighted by Crippen LogP contribution is -2.37. The van der Waals surface area contributed by atoms with Gasteiger partial charge in [0.1, 0.15) is 17.9 Å². The van der Waals surface area contributed by atoms with Crippen LogP contribution in [0.3, 0.4) is 0 Å². The summed E-state index contributed by atoms with van der Waals surface area (Å²) in [5, 5.41) is 7.04. The largest absolute Gasteiger partial charge is 0.496 e. The van der Waals surface area contributed by atoms with Crippen LogP contribution in [0.1, 0.15) is 16.8 Å². The molecule has 1 aromatic heterocycles. The molecule has 10 nitrogen and oxygen atoms in total. The second-order valence-electron chi connectivity index (χ2n) is 9.26. The van der Waals surface area contributed by atoms with E-state index in [9.17, 15) is 4.79 Å². The molecule has 2 N–H and O–H groups in total. The highest BCUT2D eigenvalue weighted by atomic mass is 16.5. The zero-order valence-electron chi connectivity index (χ0n) is 22.7. The highest BCUT2D eigenvalue weighted by Gasteiger charge is 2.14. The minimum atomic E-state index is -0.244. The number of anilines is 3. The standard InChI is InChI=1S/C30H33N5O5/c1-37-26-7-4-3-6-23(26)30(36)34-22-10-8-21(9-11-22)33-29-24-18-27(38-2)28(19-25(24)31-20-32-29)40-15-5-12-35-13-16-39-17-14-35/h3-4,6-11,18-20H,5,12-17H2,1-2H3,(H,34,36)(H,31,32,33). The van der Waals surface area contributed by atoms with E-state index in [4.69, 9.17) is 18.9 Å². The summed E-state index contributed by atoms with van der Waals surface area (Å²) in [6.45, 7) is 5.06. The number of amides is 1. The van der Waals surface area contributed by atoms with Gasteiger partial charge in [-0.1, -0.05) is 12.1 Å². The second-order valence-corrected chi connectivity index (χ2v) is 9.26. The van der Waals surface area contributed by atoms with Crippen molar-refractivity contribution in [1.29, 1.82) is 0 Å². The fourth-order valence-electron chi connectivity index (χ4n) is 4.54. The number of nitrogens with one attached hydrogen (secondary N) is 2. The average Bonchev–Trinajstić information content (AvgIpc) is 3.00. The molecule has 1 aliphatic heterocycles. The first-order valence-corrected chi connectivity index (χ1v) is 13.2. The van der Waals surface area contributed by atoms with Crippen LogP contribution in [0, 0.1) is 0 Å². The fourth-order valence-corrected chi connectivity index (χ4v) is 4.54. The molecular weight excluding hydrogens is 510 g/mol. The van der Waals surface area contributed by atoms with Crippen molar-refractivity contribution < 1.29 is 23.7 Å². The molecule has 0 atom stereocenters. The highest BCUT2D eigenvalue weighted by molar-refractivity contribution is 6.06.